The zero-order valence-electron chi connectivity index (χ0n) is 18.3. The van der Waals surface area contributed by atoms with E-state index in [-0.39, 0.29) is 17.7 Å². The van der Waals surface area contributed by atoms with Crippen molar-refractivity contribution < 1.29 is 14.4 Å². The first kappa shape index (κ1) is 23.3. The van der Waals surface area contributed by atoms with Crippen molar-refractivity contribution in [2.75, 3.05) is 0 Å². The molecule has 3 atom stereocenters. The Balaban J connectivity index is 2.08. The fourth-order valence-corrected chi connectivity index (χ4v) is 2.99. The number of nitrogens with zero attached hydrogens (tertiary/aromatic N) is 1. The van der Waals surface area contributed by atoms with Gasteiger partial charge in [0, 0.05) is 11.1 Å². The third-order valence-corrected chi connectivity index (χ3v) is 4.95. The number of rotatable bonds is 9. The average molecular weight is 410 g/mol. The Kier molecular flexibility index (Phi) is 8.27. The molecule has 1 aromatic carbocycles. The van der Waals surface area contributed by atoms with Crippen LogP contribution in [0.5, 0.6) is 0 Å². The Labute approximate surface area is 178 Å². The molecular formula is C24H31N3O3. The quantitative estimate of drug-likeness (QED) is 0.622. The molecule has 3 unspecified atom stereocenters. The summed E-state index contributed by atoms with van der Waals surface area (Å²) in [6.45, 7) is 9.15. The number of carbonyl (C=O) groups is 3. The molecule has 6 heteroatoms. The number of benzene rings is 1. The summed E-state index contributed by atoms with van der Waals surface area (Å²) in [6, 6.07) is 8.80. The highest BCUT2D eigenvalue weighted by Gasteiger charge is 2.26. The van der Waals surface area contributed by atoms with E-state index < -0.39 is 18.0 Å². The molecule has 1 heterocycles. The van der Waals surface area contributed by atoms with E-state index in [1.54, 1.807) is 13.8 Å². The van der Waals surface area contributed by atoms with Gasteiger partial charge in [-0.25, -0.2) is 0 Å². The molecule has 0 aliphatic rings. The van der Waals surface area contributed by atoms with Gasteiger partial charge in [0.25, 0.3) is 0 Å². The monoisotopic (exact) mass is 409 g/mol. The maximum Gasteiger partial charge on any atom is 0.243 e. The maximum absolute atomic E-state index is 12.6. The smallest absolute Gasteiger partial charge is 0.243 e. The summed E-state index contributed by atoms with van der Waals surface area (Å²) in [5, 5.41) is 6.46. The number of carbonyl (C=O) groups excluding carboxylic acids is 3. The van der Waals surface area contributed by atoms with E-state index in [0.29, 0.717) is 6.29 Å². The largest absolute Gasteiger partial charge is 0.345 e. The van der Waals surface area contributed by atoms with E-state index in [1.807, 2.05) is 50.3 Å². The molecule has 0 bridgehead atoms. The van der Waals surface area contributed by atoms with Crippen LogP contribution in [-0.4, -0.2) is 35.2 Å². The third kappa shape index (κ3) is 6.24. The van der Waals surface area contributed by atoms with Gasteiger partial charge in [-0.3, -0.25) is 14.6 Å². The summed E-state index contributed by atoms with van der Waals surface area (Å²) < 4.78 is 0. The van der Waals surface area contributed by atoms with Gasteiger partial charge in [0.15, 0.2) is 0 Å². The Morgan fingerprint density at radius 2 is 1.73 bits per heavy atom. The Morgan fingerprint density at radius 1 is 1.03 bits per heavy atom. The van der Waals surface area contributed by atoms with Gasteiger partial charge in [-0.1, -0.05) is 58.0 Å². The lowest BCUT2D eigenvalue weighted by atomic mass is 10.0. The van der Waals surface area contributed by atoms with Crippen molar-refractivity contribution in [2.45, 2.75) is 53.1 Å². The van der Waals surface area contributed by atoms with Crippen LogP contribution < -0.4 is 10.6 Å². The zero-order valence-corrected chi connectivity index (χ0v) is 18.3. The summed E-state index contributed by atoms with van der Waals surface area (Å²) in [4.78, 5) is 40.4. The molecule has 1 aromatic heterocycles. The first-order valence-electron chi connectivity index (χ1n) is 10.4. The predicted molar refractivity (Wildman–Crippen MR) is 120 cm³/mol. The van der Waals surface area contributed by atoms with Crippen LogP contribution in [0.3, 0.4) is 0 Å². The molecular weight excluding hydrogens is 378 g/mol. The standard InChI is InChI=1S/C24H31N3O3/c1-6-20-12-11-19-10-9-18(13-21(19)26-20)8-7-16(4)23(29)27-22(15(2)3)24(30)25-17(5)14-28/h7-17,22H,6H2,1-5H3,(H,25,30)(H,27,29)/b8-7+. The molecule has 30 heavy (non-hydrogen) atoms. The molecule has 0 aliphatic carbocycles. The minimum absolute atomic E-state index is 0.108. The Bertz CT molecular complexity index is 936. The molecule has 2 amide bonds. The van der Waals surface area contributed by atoms with Crippen molar-refractivity contribution in [3.63, 3.8) is 0 Å². The highest BCUT2D eigenvalue weighted by atomic mass is 16.2. The van der Waals surface area contributed by atoms with Crippen molar-refractivity contribution in [3.8, 4) is 0 Å². The van der Waals surface area contributed by atoms with E-state index in [4.69, 9.17) is 0 Å². The van der Waals surface area contributed by atoms with Gasteiger partial charge in [0.2, 0.25) is 11.8 Å². The number of fused-ring (bicyclic) bond motifs is 1. The second-order valence-corrected chi connectivity index (χ2v) is 7.92. The number of aldehydes is 1. The first-order chi connectivity index (χ1) is 14.2. The maximum atomic E-state index is 12.6. The van der Waals surface area contributed by atoms with Crippen LogP contribution in [0.2, 0.25) is 0 Å². The minimum Gasteiger partial charge on any atom is -0.345 e. The van der Waals surface area contributed by atoms with Gasteiger partial charge in [-0.15, -0.1) is 0 Å². The molecule has 0 saturated heterocycles. The molecule has 0 aliphatic heterocycles. The Hall–Kier alpha value is -3.02. The minimum atomic E-state index is -0.701. The van der Waals surface area contributed by atoms with Crippen LogP contribution in [0.25, 0.3) is 17.0 Å². The van der Waals surface area contributed by atoms with Gasteiger partial charge in [0.05, 0.1) is 17.5 Å². The molecule has 2 rings (SSSR count). The molecule has 6 nitrogen and oxygen atoms in total. The summed E-state index contributed by atoms with van der Waals surface area (Å²) in [6.07, 6.45) is 5.24. The van der Waals surface area contributed by atoms with Gasteiger partial charge in [-0.2, -0.15) is 0 Å². The van der Waals surface area contributed by atoms with Gasteiger partial charge in [-0.05, 0) is 37.0 Å². The molecule has 0 saturated carbocycles. The van der Waals surface area contributed by atoms with Crippen LogP contribution in [0.15, 0.2) is 36.4 Å². The predicted octanol–water partition coefficient (Wildman–Crippen LogP) is 3.29. The van der Waals surface area contributed by atoms with Gasteiger partial charge in [0.1, 0.15) is 12.3 Å². The van der Waals surface area contributed by atoms with E-state index in [1.165, 1.54) is 0 Å². The number of aryl methyl sites for hydroxylation is 1. The zero-order chi connectivity index (χ0) is 22.3. The third-order valence-electron chi connectivity index (χ3n) is 4.95. The van der Waals surface area contributed by atoms with Crippen molar-refractivity contribution in [3.05, 3.63) is 47.7 Å². The number of pyridine rings is 1. The lowest BCUT2D eigenvalue weighted by Crippen LogP contribution is -2.52. The van der Waals surface area contributed by atoms with E-state index in [9.17, 15) is 14.4 Å². The molecule has 0 spiro atoms. The topological polar surface area (TPSA) is 88.2 Å². The summed E-state index contributed by atoms with van der Waals surface area (Å²) >= 11 is 0. The number of hydrogen-bond donors (Lipinski definition) is 2. The van der Waals surface area contributed by atoms with Crippen LogP contribution in [0.4, 0.5) is 0 Å². The highest BCUT2D eigenvalue weighted by molar-refractivity contribution is 5.90. The molecule has 0 radical (unpaired) electrons. The fourth-order valence-electron chi connectivity index (χ4n) is 2.99. The fraction of sp³-hybridized carbons (Fsp3) is 0.417. The molecule has 0 fully saturated rings. The summed E-state index contributed by atoms with van der Waals surface area (Å²) in [7, 11) is 0. The summed E-state index contributed by atoms with van der Waals surface area (Å²) in [5.74, 6) is -1.14. The number of amides is 2. The van der Waals surface area contributed by atoms with E-state index in [2.05, 4.69) is 28.6 Å². The van der Waals surface area contributed by atoms with Crippen molar-refractivity contribution in [1.82, 2.24) is 15.6 Å². The normalized spacial score (nSPS) is 14.5. The SMILES string of the molecule is CCc1ccc2ccc(/C=C/C(C)C(=O)NC(C(=O)NC(C)C=O)C(C)C)cc2n1. The van der Waals surface area contributed by atoms with Crippen LogP contribution in [0, 0.1) is 11.8 Å². The van der Waals surface area contributed by atoms with Gasteiger partial charge >= 0.3 is 0 Å². The van der Waals surface area contributed by atoms with Gasteiger partial charge < -0.3 is 15.4 Å². The number of nitrogens with one attached hydrogen (secondary N) is 2. The van der Waals surface area contributed by atoms with Crippen molar-refractivity contribution in [2.24, 2.45) is 11.8 Å². The molecule has 2 N–H and O–H groups in total. The van der Waals surface area contributed by atoms with Crippen molar-refractivity contribution >= 4 is 35.1 Å². The highest BCUT2D eigenvalue weighted by Crippen LogP contribution is 2.17. The summed E-state index contributed by atoms with van der Waals surface area (Å²) in [5.41, 5.74) is 2.92. The number of hydrogen-bond acceptors (Lipinski definition) is 4. The average Bonchev–Trinajstić information content (AvgIpc) is 2.74. The lowest BCUT2D eigenvalue weighted by molar-refractivity contribution is -0.131. The second-order valence-electron chi connectivity index (χ2n) is 7.92. The van der Waals surface area contributed by atoms with Crippen molar-refractivity contribution in [1.29, 1.82) is 0 Å². The lowest BCUT2D eigenvalue weighted by Gasteiger charge is -2.23. The van der Waals surface area contributed by atoms with E-state index >= 15 is 0 Å². The van der Waals surface area contributed by atoms with Crippen LogP contribution in [-0.2, 0) is 20.8 Å². The second kappa shape index (κ2) is 10.7. The molecule has 2 aromatic rings. The Morgan fingerprint density at radius 3 is 2.37 bits per heavy atom. The first-order valence-corrected chi connectivity index (χ1v) is 10.4. The van der Waals surface area contributed by atoms with Crippen LogP contribution >= 0.6 is 0 Å². The van der Waals surface area contributed by atoms with E-state index in [0.717, 1.165) is 28.6 Å². The number of aromatic nitrogens is 1. The molecule has 160 valence electrons. The van der Waals surface area contributed by atoms with Crippen LogP contribution in [0.1, 0.15) is 45.9 Å².